The Morgan fingerprint density at radius 1 is 0.907 bits per heavy atom. The van der Waals surface area contributed by atoms with Crippen molar-refractivity contribution in [3.05, 3.63) is 48.5 Å². The Hall–Kier alpha value is -4.00. The largest absolute Gasteiger partial charge is 0.492 e. The van der Waals surface area contributed by atoms with Gasteiger partial charge in [0, 0.05) is 30.0 Å². The van der Waals surface area contributed by atoms with Crippen LogP contribution in [0.3, 0.4) is 0 Å². The lowest BCUT2D eigenvalue weighted by Crippen LogP contribution is -2.48. The third-order valence-electron chi connectivity index (χ3n) is 8.03. The first-order valence-corrected chi connectivity index (χ1v) is 15.0. The van der Waals surface area contributed by atoms with Crippen LogP contribution in [0.5, 0.6) is 5.75 Å². The van der Waals surface area contributed by atoms with Crippen LogP contribution in [0, 0.1) is 0 Å². The molecule has 0 spiro atoms. The third kappa shape index (κ3) is 6.98. The summed E-state index contributed by atoms with van der Waals surface area (Å²) in [6.45, 7) is 6.94. The fourth-order valence-electron chi connectivity index (χ4n) is 5.68. The van der Waals surface area contributed by atoms with E-state index in [1.54, 1.807) is 0 Å². The SMILES string of the molecule is CC1COCCN1c1nc(-c2ccc(NC(=O)Nc3ccc(OCCN(C)C)cc3)cc2)nc(N2C3CCC2COC3)n1. The van der Waals surface area contributed by atoms with Crippen molar-refractivity contribution in [2.24, 2.45) is 0 Å². The van der Waals surface area contributed by atoms with Crippen LogP contribution in [0.1, 0.15) is 19.8 Å². The van der Waals surface area contributed by atoms with Gasteiger partial charge < -0.3 is 39.5 Å². The van der Waals surface area contributed by atoms with E-state index in [2.05, 4.69) is 32.3 Å². The Labute approximate surface area is 252 Å². The van der Waals surface area contributed by atoms with Crippen LogP contribution in [-0.4, -0.2) is 104 Å². The molecule has 3 saturated heterocycles. The van der Waals surface area contributed by atoms with Crippen LogP contribution in [-0.2, 0) is 9.47 Å². The summed E-state index contributed by atoms with van der Waals surface area (Å²) in [5, 5.41) is 5.76. The molecule has 2 amide bonds. The number of rotatable bonds is 9. The van der Waals surface area contributed by atoms with E-state index < -0.39 is 0 Å². The van der Waals surface area contributed by atoms with Gasteiger partial charge >= 0.3 is 6.03 Å². The number of benzene rings is 2. The van der Waals surface area contributed by atoms with Crippen LogP contribution in [0.25, 0.3) is 11.4 Å². The number of nitrogens with one attached hydrogen (secondary N) is 2. The van der Waals surface area contributed by atoms with Crippen molar-refractivity contribution in [1.82, 2.24) is 19.9 Å². The number of nitrogens with zero attached hydrogens (tertiary/aromatic N) is 6. The average molecular weight is 589 g/mol. The van der Waals surface area contributed by atoms with Crippen molar-refractivity contribution in [3.63, 3.8) is 0 Å². The Kier molecular flexibility index (Phi) is 8.87. The molecule has 3 fully saturated rings. The number of urea groups is 1. The second kappa shape index (κ2) is 13.1. The molecule has 0 radical (unpaired) electrons. The molecule has 1 aromatic heterocycles. The van der Waals surface area contributed by atoms with Gasteiger partial charge in [-0.3, -0.25) is 0 Å². The predicted molar refractivity (Wildman–Crippen MR) is 166 cm³/mol. The standard InChI is InChI=1S/C31H40N8O4/c1-21-18-41-16-15-38(21)29-34-28(35-30(36-29)39-25-10-11-26(39)20-42-19-25)22-4-6-23(7-5-22)32-31(40)33-24-8-12-27(13-9-24)43-17-14-37(2)3/h4-9,12-13,21,25-26H,10-11,14-20H2,1-3H3,(H2,32,33,40). The van der Waals surface area contributed by atoms with Crippen molar-refractivity contribution >= 4 is 29.3 Å². The maximum atomic E-state index is 12.7. The predicted octanol–water partition coefficient (Wildman–Crippen LogP) is 3.72. The zero-order chi connectivity index (χ0) is 29.8. The Morgan fingerprint density at radius 3 is 2.21 bits per heavy atom. The monoisotopic (exact) mass is 588 g/mol. The number of likely N-dealkylation sites (N-methyl/N-ethyl adjacent to an activating group) is 1. The summed E-state index contributed by atoms with van der Waals surface area (Å²) >= 11 is 0. The van der Waals surface area contributed by atoms with E-state index in [-0.39, 0.29) is 24.2 Å². The van der Waals surface area contributed by atoms with Crippen LogP contribution < -0.4 is 25.2 Å². The lowest BCUT2D eigenvalue weighted by atomic mass is 10.2. The molecule has 2 bridgehead atoms. The first-order valence-electron chi connectivity index (χ1n) is 15.0. The van der Waals surface area contributed by atoms with Gasteiger partial charge in [-0.25, -0.2) is 4.79 Å². The second-order valence-corrected chi connectivity index (χ2v) is 11.5. The number of carbonyl (C=O) groups excluding carboxylic acids is 1. The molecule has 2 N–H and O–H groups in total. The lowest BCUT2D eigenvalue weighted by Gasteiger charge is -2.36. The third-order valence-corrected chi connectivity index (χ3v) is 8.03. The number of ether oxygens (including phenoxy) is 3. The number of aromatic nitrogens is 3. The summed E-state index contributed by atoms with van der Waals surface area (Å²) in [5.74, 6) is 2.73. The highest BCUT2D eigenvalue weighted by Crippen LogP contribution is 2.34. The number of hydrogen-bond acceptors (Lipinski definition) is 10. The average Bonchev–Trinajstić information content (AvgIpc) is 3.26. The molecule has 6 rings (SSSR count). The van der Waals surface area contributed by atoms with Crippen molar-refractivity contribution in [1.29, 1.82) is 0 Å². The van der Waals surface area contributed by atoms with Crippen LogP contribution in [0.15, 0.2) is 48.5 Å². The molecule has 3 unspecified atom stereocenters. The Bertz CT molecular complexity index is 1370. The molecule has 12 heteroatoms. The maximum Gasteiger partial charge on any atom is 0.323 e. The number of fused-ring (bicyclic) bond motifs is 2. The van der Waals surface area contributed by atoms with Gasteiger partial charge in [-0.1, -0.05) is 0 Å². The van der Waals surface area contributed by atoms with E-state index in [0.717, 1.165) is 37.2 Å². The van der Waals surface area contributed by atoms with E-state index in [1.807, 2.05) is 62.6 Å². The van der Waals surface area contributed by atoms with Crippen molar-refractivity contribution in [2.45, 2.75) is 37.9 Å². The molecule has 3 aliphatic heterocycles. The molecule has 0 saturated carbocycles. The minimum atomic E-state index is -0.331. The summed E-state index contributed by atoms with van der Waals surface area (Å²) in [7, 11) is 4.01. The smallest absolute Gasteiger partial charge is 0.323 e. The number of morpholine rings is 2. The fraction of sp³-hybridized carbons (Fsp3) is 0.484. The first kappa shape index (κ1) is 29.1. The molecule has 228 valence electrons. The van der Waals surface area contributed by atoms with Crippen molar-refractivity contribution < 1.29 is 19.0 Å². The number of anilines is 4. The zero-order valence-corrected chi connectivity index (χ0v) is 25.0. The van der Waals surface area contributed by atoms with Gasteiger partial charge in [0.2, 0.25) is 11.9 Å². The first-order chi connectivity index (χ1) is 20.9. The van der Waals surface area contributed by atoms with Gasteiger partial charge in [0.05, 0.1) is 44.6 Å². The van der Waals surface area contributed by atoms with E-state index in [9.17, 15) is 4.79 Å². The Morgan fingerprint density at radius 2 is 1.56 bits per heavy atom. The van der Waals surface area contributed by atoms with Crippen LogP contribution in [0.4, 0.5) is 28.1 Å². The summed E-state index contributed by atoms with van der Waals surface area (Å²) in [6.07, 6.45) is 2.15. The summed E-state index contributed by atoms with van der Waals surface area (Å²) in [4.78, 5) is 34.1. The van der Waals surface area contributed by atoms with Gasteiger partial charge in [0.15, 0.2) is 5.82 Å². The molecular formula is C31H40N8O4. The highest BCUT2D eigenvalue weighted by molar-refractivity contribution is 5.99. The zero-order valence-electron chi connectivity index (χ0n) is 25.0. The van der Waals surface area contributed by atoms with E-state index in [4.69, 9.17) is 29.2 Å². The summed E-state index contributed by atoms with van der Waals surface area (Å²) in [6, 6.07) is 15.3. The minimum absolute atomic E-state index is 0.162. The van der Waals surface area contributed by atoms with Gasteiger partial charge in [-0.15, -0.1) is 0 Å². The minimum Gasteiger partial charge on any atom is -0.492 e. The maximum absolute atomic E-state index is 12.7. The van der Waals surface area contributed by atoms with Crippen LogP contribution >= 0.6 is 0 Å². The highest BCUT2D eigenvalue weighted by atomic mass is 16.5. The molecule has 3 aliphatic rings. The van der Waals surface area contributed by atoms with E-state index in [1.165, 1.54) is 0 Å². The quantitative estimate of drug-likeness (QED) is 0.383. The fourth-order valence-corrected chi connectivity index (χ4v) is 5.68. The molecule has 3 atom stereocenters. The molecular weight excluding hydrogens is 548 g/mol. The van der Waals surface area contributed by atoms with Crippen LogP contribution in [0.2, 0.25) is 0 Å². The number of hydrogen-bond donors (Lipinski definition) is 2. The highest BCUT2D eigenvalue weighted by Gasteiger charge is 2.39. The van der Waals surface area contributed by atoms with Gasteiger partial charge in [0.25, 0.3) is 0 Å². The van der Waals surface area contributed by atoms with Crippen molar-refractivity contribution in [3.8, 4) is 17.1 Å². The van der Waals surface area contributed by atoms with Gasteiger partial charge in [-0.2, -0.15) is 15.0 Å². The lowest BCUT2D eigenvalue weighted by molar-refractivity contribution is 0.0895. The normalized spacial score (nSPS) is 21.6. The Balaban J connectivity index is 1.15. The molecule has 4 heterocycles. The van der Waals surface area contributed by atoms with Gasteiger partial charge in [0.1, 0.15) is 12.4 Å². The van der Waals surface area contributed by atoms with Gasteiger partial charge in [-0.05, 0) is 82.4 Å². The molecule has 2 aromatic carbocycles. The number of amides is 2. The summed E-state index contributed by atoms with van der Waals surface area (Å²) < 4.78 is 17.2. The topological polar surface area (TPSA) is 117 Å². The van der Waals surface area contributed by atoms with E-state index >= 15 is 0 Å². The molecule has 0 aliphatic carbocycles. The number of carbonyl (C=O) groups is 1. The van der Waals surface area contributed by atoms with Crippen molar-refractivity contribution in [2.75, 3.05) is 80.7 Å². The molecule has 12 nitrogen and oxygen atoms in total. The van der Waals surface area contributed by atoms with E-state index in [0.29, 0.717) is 62.1 Å². The summed E-state index contributed by atoms with van der Waals surface area (Å²) in [5.41, 5.74) is 2.18. The molecule has 3 aromatic rings. The second-order valence-electron chi connectivity index (χ2n) is 11.5. The molecule has 43 heavy (non-hydrogen) atoms.